The van der Waals surface area contributed by atoms with Crippen LogP contribution in [-0.2, 0) is 6.54 Å². The second-order valence-electron chi connectivity index (χ2n) is 1.57. The maximum absolute atomic E-state index is 8.07. The molecule has 0 aromatic carbocycles. The number of hydrogen-bond donors (Lipinski definition) is 2. The number of H-pyrrole nitrogens is 1. The zero-order valence-corrected chi connectivity index (χ0v) is 4.76. The Bertz CT molecular complexity index is 195. The molecule has 0 fully saturated rings. The summed E-state index contributed by atoms with van der Waals surface area (Å²) in [5.41, 5.74) is 0.983. The van der Waals surface area contributed by atoms with Gasteiger partial charge in [0.2, 0.25) is 0 Å². The lowest BCUT2D eigenvalue weighted by Gasteiger charge is -1.87. The van der Waals surface area contributed by atoms with Crippen LogP contribution in [0, 0.1) is 11.5 Å². The summed E-state index contributed by atoms with van der Waals surface area (Å²) in [5.74, 6) is 0. The van der Waals surface area contributed by atoms with Crippen molar-refractivity contribution < 1.29 is 0 Å². The lowest BCUT2D eigenvalue weighted by atomic mass is 10.4. The molecule has 0 radical (unpaired) electrons. The van der Waals surface area contributed by atoms with E-state index in [9.17, 15) is 0 Å². The Hall–Kier alpha value is -1.50. The molecule has 0 spiro atoms. The first-order valence-corrected chi connectivity index (χ1v) is 2.53. The van der Waals surface area contributed by atoms with Gasteiger partial charge in [-0.2, -0.15) is 10.4 Å². The second-order valence-corrected chi connectivity index (χ2v) is 1.57. The molecule has 0 aliphatic heterocycles. The maximum Gasteiger partial charge on any atom is 0.176 e. The maximum atomic E-state index is 8.07. The number of hydrogen-bond acceptors (Lipinski definition) is 3. The topological polar surface area (TPSA) is 64.5 Å². The molecule has 0 bridgehead atoms. The summed E-state index contributed by atoms with van der Waals surface area (Å²) in [6.07, 6.45) is 5.23. The standard InChI is InChI=1S/C5H6N4/c6-4-7-1-5-2-8-9-3-5/h2-3,7H,1H2,(H,8,9). The predicted octanol–water partition coefficient (Wildman–Crippen LogP) is -0.0196. The highest BCUT2D eigenvalue weighted by Gasteiger charge is 1.88. The van der Waals surface area contributed by atoms with Crippen molar-refractivity contribution in [2.24, 2.45) is 0 Å². The van der Waals surface area contributed by atoms with Crippen LogP contribution in [0.1, 0.15) is 5.56 Å². The van der Waals surface area contributed by atoms with E-state index in [-0.39, 0.29) is 0 Å². The van der Waals surface area contributed by atoms with E-state index >= 15 is 0 Å². The molecule has 4 heteroatoms. The van der Waals surface area contributed by atoms with Crippen molar-refractivity contribution in [2.45, 2.75) is 6.54 Å². The first kappa shape index (κ1) is 5.63. The highest BCUT2D eigenvalue weighted by Crippen LogP contribution is 1.89. The minimum absolute atomic E-state index is 0.549. The van der Waals surface area contributed by atoms with Crippen molar-refractivity contribution in [1.82, 2.24) is 15.5 Å². The largest absolute Gasteiger partial charge is 0.319 e. The summed E-state index contributed by atoms with van der Waals surface area (Å²) in [4.78, 5) is 0. The van der Waals surface area contributed by atoms with Crippen LogP contribution in [0.3, 0.4) is 0 Å². The Morgan fingerprint density at radius 3 is 3.33 bits per heavy atom. The fraction of sp³-hybridized carbons (Fsp3) is 0.200. The Morgan fingerprint density at radius 1 is 1.89 bits per heavy atom. The van der Waals surface area contributed by atoms with E-state index in [0.717, 1.165) is 5.56 Å². The van der Waals surface area contributed by atoms with Crippen LogP contribution in [0.5, 0.6) is 0 Å². The summed E-state index contributed by atoms with van der Waals surface area (Å²) >= 11 is 0. The van der Waals surface area contributed by atoms with Crippen LogP contribution in [0.25, 0.3) is 0 Å². The van der Waals surface area contributed by atoms with E-state index in [1.165, 1.54) is 0 Å². The van der Waals surface area contributed by atoms with E-state index in [2.05, 4.69) is 15.5 Å². The molecule has 0 saturated heterocycles. The average molecular weight is 122 g/mol. The minimum atomic E-state index is 0.549. The van der Waals surface area contributed by atoms with Gasteiger partial charge in [-0.1, -0.05) is 0 Å². The Kier molecular flexibility index (Phi) is 1.70. The highest BCUT2D eigenvalue weighted by molar-refractivity contribution is 5.02. The predicted molar refractivity (Wildman–Crippen MR) is 31.0 cm³/mol. The third-order valence-electron chi connectivity index (χ3n) is 0.926. The van der Waals surface area contributed by atoms with E-state index in [1.807, 2.05) is 6.19 Å². The molecule has 1 heterocycles. The van der Waals surface area contributed by atoms with Crippen LogP contribution in [0.2, 0.25) is 0 Å². The molecule has 9 heavy (non-hydrogen) atoms. The van der Waals surface area contributed by atoms with Crippen LogP contribution in [-0.4, -0.2) is 10.2 Å². The molecule has 1 rings (SSSR count). The van der Waals surface area contributed by atoms with Crippen molar-refractivity contribution in [2.75, 3.05) is 0 Å². The number of nitrogens with zero attached hydrogens (tertiary/aromatic N) is 2. The van der Waals surface area contributed by atoms with Gasteiger partial charge in [0, 0.05) is 11.8 Å². The number of aromatic nitrogens is 2. The molecule has 0 saturated carbocycles. The summed E-state index contributed by atoms with van der Waals surface area (Å²) < 4.78 is 0. The Labute approximate surface area is 52.5 Å². The third-order valence-corrected chi connectivity index (χ3v) is 0.926. The minimum Gasteiger partial charge on any atom is -0.319 e. The van der Waals surface area contributed by atoms with Gasteiger partial charge in [0.25, 0.3) is 0 Å². The fourth-order valence-electron chi connectivity index (χ4n) is 0.516. The zero-order chi connectivity index (χ0) is 6.53. The molecule has 2 N–H and O–H groups in total. The van der Waals surface area contributed by atoms with Crippen LogP contribution in [0.15, 0.2) is 12.4 Å². The summed E-state index contributed by atoms with van der Waals surface area (Å²) in [5, 5.41) is 16.9. The van der Waals surface area contributed by atoms with Crippen LogP contribution < -0.4 is 5.32 Å². The van der Waals surface area contributed by atoms with Gasteiger partial charge in [0.1, 0.15) is 0 Å². The van der Waals surface area contributed by atoms with Crippen LogP contribution in [0.4, 0.5) is 0 Å². The molecule has 1 aromatic rings. The number of nitrogens with one attached hydrogen (secondary N) is 2. The molecular weight excluding hydrogens is 116 g/mol. The molecule has 0 aliphatic rings. The van der Waals surface area contributed by atoms with Gasteiger partial charge in [-0.15, -0.1) is 0 Å². The van der Waals surface area contributed by atoms with E-state index in [4.69, 9.17) is 5.26 Å². The molecule has 0 unspecified atom stereocenters. The highest BCUT2D eigenvalue weighted by atomic mass is 15.1. The number of aromatic amines is 1. The summed E-state index contributed by atoms with van der Waals surface area (Å²) in [6, 6.07) is 0. The first-order valence-electron chi connectivity index (χ1n) is 2.53. The smallest absolute Gasteiger partial charge is 0.176 e. The van der Waals surface area contributed by atoms with Gasteiger partial charge in [0.05, 0.1) is 12.7 Å². The fourth-order valence-corrected chi connectivity index (χ4v) is 0.516. The molecule has 46 valence electrons. The van der Waals surface area contributed by atoms with Crippen LogP contribution >= 0.6 is 0 Å². The average Bonchev–Trinajstić information content (AvgIpc) is 2.34. The zero-order valence-electron chi connectivity index (χ0n) is 4.76. The van der Waals surface area contributed by atoms with Crippen molar-refractivity contribution in [1.29, 1.82) is 5.26 Å². The first-order chi connectivity index (χ1) is 4.43. The molecule has 4 nitrogen and oxygen atoms in total. The lowest BCUT2D eigenvalue weighted by Crippen LogP contribution is -2.02. The molecule has 0 amide bonds. The molecular formula is C5H6N4. The van der Waals surface area contributed by atoms with Crippen molar-refractivity contribution in [3.8, 4) is 6.19 Å². The number of rotatable bonds is 2. The van der Waals surface area contributed by atoms with Gasteiger partial charge in [-0.25, -0.2) is 0 Å². The normalized spacial score (nSPS) is 8.33. The van der Waals surface area contributed by atoms with Gasteiger partial charge in [-0.3, -0.25) is 5.10 Å². The summed E-state index contributed by atoms with van der Waals surface area (Å²) in [7, 11) is 0. The van der Waals surface area contributed by atoms with E-state index in [1.54, 1.807) is 12.4 Å². The van der Waals surface area contributed by atoms with Gasteiger partial charge in [0.15, 0.2) is 6.19 Å². The second kappa shape index (κ2) is 2.72. The Balaban J connectivity index is 2.41. The van der Waals surface area contributed by atoms with Gasteiger partial charge < -0.3 is 5.32 Å². The molecule has 0 atom stereocenters. The number of nitriles is 1. The third kappa shape index (κ3) is 1.46. The van der Waals surface area contributed by atoms with E-state index < -0.39 is 0 Å². The van der Waals surface area contributed by atoms with Crippen molar-refractivity contribution in [3.63, 3.8) is 0 Å². The summed E-state index contributed by atoms with van der Waals surface area (Å²) in [6.45, 7) is 0.549. The van der Waals surface area contributed by atoms with Gasteiger partial charge in [-0.05, 0) is 0 Å². The lowest BCUT2D eigenvalue weighted by molar-refractivity contribution is 0.885. The molecule has 1 aromatic heterocycles. The van der Waals surface area contributed by atoms with Crippen molar-refractivity contribution in [3.05, 3.63) is 18.0 Å². The van der Waals surface area contributed by atoms with Gasteiger partial charge >= 0.3 is 0 Å². The van der Waals surface area contributed by atoms with E-state index in [0.29, 0.717) is 6.54 Å². The van der Waals surface area contributed by atoms with Crippen molar-refractivity contribution >= 4 is 0 Å². The SMILES string of the molecule is N#CNCc1cn[nH]c1. The molecule has 0 aliphatic carbocycles. The quantitative estimate of drug-likeness (QED) is 0.428. The monoisotopic (exact) mass is 122 g/mol. The Morgan fingerprint density at radius 2 is 2.78 bits per heavy atom.